The molecule has 0 unspecified atom stereocenters. The highest BCUT2D eigenvalue weighted by Crippen LogP contribution is 2.03. The summed E-state index contributed by atoms with van der Waals surface area (Å²) in [6.07, 6.45) is -0.167. The number of aliphatic hydroxyl groups excluding tert-OH is 1. The van der Waals surface area contributed by atoms with Crippen molar-refractivity contribution >= 4 is 17.4 Å². The van der Waals surface area contributed by atoms with E-state index in [1.165, 1.54) is 13.8 Å². The van der Waals surface area contributed by atoms with Crippen molar-refractivity contribution in [2.24, 2.45) is 0 Å². The van der Waals surface area contributed by atoms with Gasteiger partial charge in [0.2, 0.25) is 0 Å². The number of carbonyl (C=O) groups excluding carboxylic acids is 1. The molecule has 0 saturated carbocycles. The van der Waals surface area contributed by atoms with Gasteiger partial charge in [-0.05, 0) is 39.8 Å². The summed E-state index contributed by atoms with van der Waals surface area (Å²) < 4.78 is 0. The third-order valence-corrected chi connectivity index (χ3v) is 1.65. The van der Waals surface area contributed by atoms with Gasteiger partial charge in [-0.25, -0.2) is 0 Å². The molecule has 0 aliphatic heterocycles. The number of aliphatic hydroxyl groups is 1. The van der Waals surface area contributed by atoms with Crippen molar-refractivity contribution in [3.63, 3.8) is 0 Å². The maximum absolute atomic E-state index is 9.44. The molecule has 0 atom stereocenters. The van der Waals surface area contributed by atoms with Crippen LogP contribution in [0.2, 0.25) is 5.02 Å². The van der Waals surface area contributed by atoms with E-state index in [-0.39, 0.29) is 11.9 Å². The number of hydrogen-bond acceptors (Lipinski definition) is 2. The highest BCUT2D eigenvalue weighted by Gasteiger charge is 1.75. The van der Waals surface area contributed by atoms with E-state index in [0.29, 0.717) is 0 Å². The zero-order valence-corrected chi connectivity index (χ0v) is 17.9. The van der Waals surface area contributed by atoms with Crippen LogP contribution in [0.5, 0.6) is 0 Å². The molecule has 3 heteroatoms. The van der Waals surface area contributed by atoms with Gasteiger partial charge in [-0.3, -0.25) is 0 Å². The van der Waals surface area contributed by atoms with Crippen LogP contribution >= 0.6 is 11.6 Å². The summed E-state index contributed by atoms with van der Waals surface area (Å²) in [5.41, 5.74) is 0. The van der Waals surface area contributed by atoms with Gasteiger partial charge < -0.3 is 9.90 Å². The van der Waals surface area contributed by atoms with Gasteiger partial charge in [0.25, 0.3) is 0 Å². The zero-order valence-electron chi connectivity index (χ0n) is 17.2. The number of carbonyl (C=O) groups is 1. The minimum atomic E-state index is -0.167. The van der Waals surface area contributed by atoms with Crippen molar-refractivity contribution in [1.29, 1.82) is 0 Å². The van der Waals surface area contributed by atoms with Crippen LogP contribution in [0.3, 0.4) is 0 Å². The van der Waals surface area contributed by atoms with Crippen LogP contribution in [0.4, 0.5) is 0 Å². The minimum Gasteiger partial charge on any atom is -0.394 e. The Bertz CT molecular complexity index is 395. The topological polar surface area (TPSA) is 37.3 Å². The second-order valence-corrected chi connectivity index (χ2v) is 4.89. The van der Waals surface area contributed by atoms with E-state index >= 15 is 0 Å². The maximum atomic E-state index is 9.44. The average molecular weight is 369 g/mol. The molecule has 0 fully saturated rings. The normalized spacial score (nSPS) is 7.32. The van der Waals surface area contributed by atoms with E-state index in [1.54, 1.807) is 13.8 Å². The largest absolute Gasteiger partial charge is 0.394 e. The van der Waals surface area contributed by atoms with Crippen molar-refractivity contribution in [3.8, 4) is 0 Å². The van der Waals surface area contributed by atoms with E-state index in [4.69, 9.17) is 16.7 Å². The predicted molar refractivity (Wildman–Crippen MR) is 114 cm³/mol. The quantitative estimate of drug-likeness (QED) is 0.540. The number of benzene rings is 2. The Balaban J connectivity index is -0.000000113. The molecule has 0 saturated heterocycles. The van der Waals surface area contributed by atoms with Crippen LogP contribution in [0.15, 0.2) is 66.7 Å². The molecule has 2 aromatic carbocycles. The molecule has 25 heavy (non-hydrogen) atoms. The minimum absolute atomic E-state index is 0.167. The average Bonchev–Trinajstić information content (AvgIpc) is 2.60. The number of hydrogen-bond donors (Lipinski definition) is 1. The molecule has 0 bridgehead atoms. The number of rotatable bonds is 0. The number of ketones is 1. The first kappa shape index (κ1) is 31.2. The Morgan fingerprint density at radius 3 is 1.04 bits per heavy atom. The van der Waals surface area contributed by atoms with Crippen LogP contribution in [0.25, 0.3) is 0 Å². The summed E-state index contributed by atoms with van der Waals surface area (Å²) in [4.78, 5) is 9.44. The lowest BCUT2D eigenvalue weighted by atomic mass is 10.4. The fourth-order valence-corrected chi connectivity index (χ4v) is 0.945. The molecule has 0 radical (unpaired) electrons. The molecule has 2 nitrogen and oxygen atoms in total. The standard InChI is InChI=1S/C6H5Cl.C6H6.C3H8O.C3H6O.2C2H6/c7-6-4-2-1-3-5-6;1-2-4-6-5-3-1;2*1-3(2)4;2*1-2/h1-5H;1-6H;3-4H,1-2H3;1-2H3;2*1-2H3. The highest BCUT2D eigenvalue weighted by atomic mass is 35.5. The lowest BCUT2D eigenvalue weighted by molar-refractivity contribution is -0.114. The van der Waals surface area contributed by atoms with Crippen LogP contribution in [0.1, 0.15) is 55.4 Å². The summed E-state index contributed by atoms with van der Waals surface area (Å²) in [6, 6.07) is 21.4. The van der Waals surface area contributed by atoms with E-state index in [0.717, 1.165) is 5.02 Å². The van der Waals surface area contributed by atoms with Gasteiger partial charge in [0.05, 0.1) is 0 Å². The van der Waals surface area contributed by atoms with Crippen LogP contribution in [-0.4, -0.2) is 17.0 Å². The second-order valence-electron chi connectivity index (χ2n) is 4.45. The van der Waals surface area contributed by atoms with Gasteiger partial charge in [-0.1, -0.05) is 93.9 Å². The zero-order chi connectivity index (χ0) is 20.5. The van der Waals surface area contributed by atoms with Gasteiger partial charge in [-0.15, -0.1) is 0 Å². The molecular formula is C22H37ClO2. The Kier molecular flexibility index (Phi) is 37.7. The van der Waals surface area contributed by atoms with E-state index in [9.17, 15) is 4.79 Å². The van der Waals surface area contributed by atoms with Crippen molar-refractivity contribution in [1.82, 2.24) is 0 Å². The summed E-state index contributed by atoms with van der Waals surface area (Å²) in [6.45, 7) is 14.5. The predicted octanol–water partition coefficient (Wildman–Crippen LogP) is 7.06. The number of Topliss-reactive ketones (excluding diaryl/α,β-unsaturated/α-hetero) is 1. The Morgan fingerprint density at radius 2 is 0.920 bits per heavy atom. The first-order valence-corrected chi connectivity index (χ1v) is 9.09. The molecule has 0 aliphatic rings. The third kappa shape index (κ3) is 60.7. The molecule has 0 spiro atoms. The Labute approximate surface area is 160 Å². The molecule has 0 aromatic heterocycles. The van der Waals surface area contributed by atoms with E-state index in [1.807, 2.05) is 94.4 Å². The summed E-state index contributed by atoms with van der Waals surface area (Å²) in [5, 5.41) is 8.85. The van der Waals surface area contributed by atoms with Crippen molar-refractivity contribution < 1.29 is 9.90 Å². The van der Waals surface area contributed by atoms with Gasteiger partial charge in [0.1, 0.15) is 5.78 Å². The lowest BCUT2D eigenvalue weighted by Gasteiger charge is -1.80. The molecule has 2 rings (SSSR count). The first-order valence-electron chi connectivity index (χ1n) is 8.72. The fraction of sp³-hybridized carbons (Fsp3) is 0.409. The monoisotopic (exact) mass is 368 g/mol. The summed E-state index contributed by atoms with van der Waals surface area (Å²) >= 11 is 5.54. The molecular weight excluding hydrogens is 332 g/mol. The van der Waals surface area contributed by atoms with Gasteiger partial charge in [0.15, 0.2) is 0 Å². The van der Waals surface area contributed by atoms with Crippen LogP contribution < -0.4 is 0 Å². The Morgan fingerprint density at radius 1 is 0.760 bits per heavy atom. The highest BCUT2D eigenvalue weighted by molar-refractivity contribution is 6.30. The fourth-order valence-electron chi connectivity index (χ4n) is 0.800. The third-order valence-electron chi connectivity index (χ3n) is 1.40. The van der Waals surface area contributed by atoms with Crippen molar-refractivity contribution in [2.45, 2.75) is 61.5 Å². The van der Waals surface area contributed by atoms with E-state index in [2.05, 4.69) is 0 Å². The van der Waals surface area contributed by atoms with Gasteiger partial charge >= 0.3 is 0 Å². The van der Waals surface area contributed by atoms with Crippen molar-refractivity contribution in [3.05, 3.63) is 71.8 Å². The summed E-state index contributed by atoms with van der Waals surface area (Å²) in [7, 11) is 0. The number of halogens is 1. The Hall–Kier alpha value is -1.64. The maximum Gasteiger partial charge on any atom is 0.126 e. The summed E-state index contributed by atoms with van der Waals surface area (Å²) in [5.74, 6) is 0.167. The van der Waals surface area contributed by atoms with Crippen LogP contribution in [-0.2, 0) is 4.79 Å². The van der Waals surface area contributed by atoms with Crippen LogP contribution in [0, 0.1) is 0 Å². The van der Waals surface area contributed by atoms with E-state index < -0.39 is 0 Å². The molecule has 0 aliphatic carbocycles. The SMILES string of the molecule is CC.CC.CC(C)=O.CC(C)O.Clc1ccccc1.c1ccccc1. The molecule has 0 amide bonds. The van der Waals surface area contributed by atoms with Gasteiger partial charge in [-0.2, -0.15) is 0 Å². The van der Waals surface area contributed by atoms with Crippen molar-refractivity contribution in [2.75, 3.05) is 0 Å². The first-order chi connectivity index (χ1) is 11.9. The smallest absolute Gasteiger partial charge is 0.126 e. The molecule has 144 valence electrons. The molecule has 2 aromatic rings. The van der Waals surface area contributed by atoms with Gasteiger partial charge in [0, 0.05) is 11.1 Å². The molecule has 0 heterocycles. The lowest BCUT2D eigenvalue weighted by Crippen LogP contribution is -1.85. The molecule has 1 N–H and O–H groups in total. The second kappa shape index (κ2) is 30.3.